The Balaban J connectivity index is 2.04. The van der Waals surface area contributed by atoms with Crippen molar-refractivity contribution in [1.29, 1.82) is 0 Å². The van der Waals surface area contributed by atoms with Gasteiger partial charge in [-0.25, -0.2) is 4.79 Å². The summed E-state index contributed by atoms with van der Waals surface area (Å²) < 4.78 is 5.23. The molecule has 0 bridgehead atoms. The zero-order chi connectivity index (χ0) is 16.3. The number of rotatable bonds is 3. The Kier molecular flexibility index (Phi) is 4.49. The summed E-state index contributed by atoms with van der Waals surface area (Å²) >= 11 is 0. The molecule has 0 saturated carbocycles. The third-order valence-corrected chi connectivity index (χ3v) is 2.95. The van der Waals surface area contributed by atoms with E-state index in [0.717, 1.165) is 11.1 Å². The molecule has 2 rings (SSSR count). The molecule has 118 valence electrons. The molecule has 1 heterocycles. The summed E-state index contributed by atoms with van der Waals surface area (Å²) in [6, 6.07) is 7.70. The number of aryl methyl sites for hydroxylation is 1. The lowest BCUT2D eigenvalue weighted by atomic mass is 10.1. The maximum absolute atomic E-state index is 12.0. The molecular weight excluding hydrogens is 280 g/mol. The van der Waals surface area contributed by atoms with Crippen molar-refractivity contribution in [3.8, 4) is 11.4 Å². The molecule has 0 unspecified atom stereocenters. The molecule has 0 fully saturated rings. The summed E-state index contributed by atoms with van der Waals surface area (Å²) in [5.74, 6) is 0.936. The van der Waals surface area contributed by atoms with E-state index in [1.165, 1.54) is 4.90 Å². The van der Waals surface area contributed by atoms with E-state index in [9.17, 15) is 4.79 Å². The highest BCUT2D eigenvalue weighted by Gasteiger charge is 2.19. The Morgan fingerprint density at radius 1 is 1.36 bits per heavy atom. The number of amides is 2. The van der Waals surface area contributed by atoms with Crippen molar-refractivity contribution in [1.82, 2.24) is 20.4 Å². The minimum absolute atomic E-state index is 0.178. The highest BCUT2D eigenvalue weighted by atomic mass is 16.5. The first kappa shape index (κ1) is 16.0. The lowest BCUT2D eigenvalue weighted by Crippen LogP contribution is -2.46. The number of carbonyl (C=O) groups excluding carboxylic acids is 1. The summed E-state index contributed by atoms with van der Waals surface area (Å²) in [5, 5.41) is 6.85. The molecule has 0 spiro atoms. The molecular formula is C16H22N4O2. The molecule has 0 aliphatic carbocycles. The average Bonchev–Trinajstić information content (AvgIpc) is 2.85. The number of aromatic nitrogens is 2. The van der Waals surface area contributed by atoms with Gasteiger partial charge in [0.2, 0.25) is 11.7 Å². The largest absolute Gasteiger partial charge is 0.337 e. The van der Waals surface area contributed by atoms with Crippen molar-refractivity contribution in [2.45, 2.75) is 39.8 Å². The fourth-order valence-corrected chi connectivity index (χ4v) is 1.91. The van der Waals surface area contributed by atoms with Crippen LogP contribution in [0.15, 0.2) is 28.8 Å². The van der Waals surface area contributed by atoms with Gasteiger partial charge in [0, 0.05) is 18.2 Å². The molecule has 0 aliphatic heterocycles. The van der Waals surface area contributed by atoms with E-state index < -0.39 is 0 Å². The molecule has 1 aromatic carbocycles. The molecule has 22 heavy (non-hydrogen) atoms. The Morgan fingerprint density at radius 3 is 2.73 bits per heavy atom. The summed E-state index contributed by atoms with van der Waals surface area (Å²) in [6.07, 6.45) is 0. The summed E-state index contributed by atoms with van der Waals surface area (Å²) in [7, 11) is 1.69. The van der Waals surface area contributed by atoms with E-state index in [2.05, 4.69) is 15.5 Å². The summed E-state index contributed by atoms with van der Waals surface area (Å²) in [4.78, 5) is 17.9. The second-order valence-electron chi connectivity index (χ2n) is 6.42. The van der Waals surface area contributed by atoms with Gasteiger partial charge in [0.15, 0.2) is 0 Å². The minimum atomic E-state index is -0.285. The van der Waals surface area contributed by atoms with Gasteiger partial charge in [-0.2, -0.15) is 4.98 Å². The molecule has 2 amide bonds. The maximum atomic E-state index is 12.0. The quantitative estimate of drug-likeness (QED) is 0.946. The van der Waals surface area contributed by atoms with Gasteiger partial charge < -0.3 is 14.7 Å². The van der Waals surface area contributed by atoms with Gasteiger partial charge in [-0.05, 0) is 33.8 Å². The van der Waals surface area contributed by atoms with Crippen molar-refractivity contribution in [2.24, 2.45) is 0 Å². The molecule has 0 atom stereocenters. The number of hydrogen-bond donors (Lipinski definition) is 1. The van der Waals surface area contributed by atoms with Crippen LogP contribution in [-0.4, -0.2) is 33.7 Å². The Morgan fingerprint density at radius 2 is 2.09 bits per heavy atom. The zero-order valence-electron chi connectivity index (χ0n) is 13.7. The van der Waals surface area contributed by atoms with Crippen LogP contribution < -0.4 is 5.32 Å². The predicted octanol–water partition coefficient (Wildman–Crippen LogP) is 2.98. The molecule has 1 N–H and O–H groups in total. The van der Waals surface area contributed by atoms with Gasteiger partial charge >= 0.3 is 6.03 Å². The van der Waals surface area contributed by atoms with Crippen LogP contribution in [0.2, 0.25) is 0 Å². The van der Waals surface area contributed by atoms with Crippen molar-refractivity contribution < 1.29 is 9.32 Å². The van der Waals surface area contributed by atoms with Gasteiger partial charge in [-0.15, -0.1) is 0 Å². The zero-order valence-corrected chi connectivity index (χ0v) is 13.7. The van der Waals surface area contributed by atoms with Gasteiger partial charge in [-0.1, -0.05) is 28.9 Å². The molecule has 0 aliphatic rings. The van der Waals surface area contributed by atoms with E-state index in [1.807, 2.05) is 52.0 Å². The van der Waals surface area contributed by atoms with E-state index >= 15 is 0 Å². The highest BCUT2D eigenvalue weighted by molar-refractivity contribution is 5.74. The number of nitrogens with zero attached hydrogens (tertiary/aromatic N) is 3. The fraction of sp³-hybridized carbons (Fsp3) is 0.438. The van der Waals surface area contributed by atoms with Crippen molar-refractivity contribution >= 4 is 6.03 Å². The molecule has 6 heteroatoms. The van der Waals surface area contributed by atoms with E-state index in [0.29, 0.717) is 11.7 Å². The normalized spacial score (nSPS) is 11.3. The van der Waals surface area contributed by atoms with Gasteiger partial charge in [0.25, 0.3) is 0 Å². The SMILES string of the molecule is Cc1cccc(-c2noc(CN(C)C(=O)NC(C)(C)C)n2)c1. The second kappa shape index (κ2) is 6.17. The Labute approximate surface area is 130 Å². The Bertz CT molecular complexity index is 658. The number of carbonyl (C=O) groups is 1. The van der Waals surface area contributed by atoms with Crippen LogP contribution in [0.25, 0.3) is 11.4 Å². The lowest BCUT2D eigenvalue weighted by molar-refractivity contribution is 0.190. The predicted molar refractivity (Wildman–Crippen MR) is 84.2 cm³/mol. The Hall–Kier alpha value is -2.37. The van der Waals surface area contributed by atoms with Crippen molar-refractivity contribution in [2.75, 3.05) is 7.05 Å². The first-order valence-corrected chi connectivity index (χ1v) is 7.17. The van der Waals surface area contributed by atoms with Crippen LogP contribution in [0, 0.1) is 6.92 Å². The van der Waals surface area contributed by atoms with Crippen LogP contribution in [0.5, 0.6) is 0 Å². The van der Waals surface area contributed by atoms with E-state index in [-0.39, 0.29) is 18.1 Å². The van der Waals surface area contributed by atoms with Crippen molar-refractivity contribution in [3.63, 3.8) is 0 Å². The molecule has 6 nitrogen and oxygen atoms in total. The van der Waals surface area contributed by atoms with Crippen molar-refractivity contribution in [3.05, 3.63) is 35.7 Å². The van der Waals surface area contributed by atoms with E-state index in [4.69, 9.17) is 4.52 Å². The van der Waals surface area contributed by atoms with E-state index in [1.54, 1.807) is 7.05 Å². The molecule has 2 aromatic rings. The number of benzene rings is 1. The second-order valence-corrected chi connectivity index (χ2v) is 6.42. The number of nitrogens with one attached hydrogen (secondary N) is 1. The third kappa shape index (κ3) is 4.31. The van der Waals surface area contributed by atoms with Gasteiger partial charge in [0.1, 0.15) is 6.54 Å². The van der Waals surface area contributed by atoms with Crippen LogP contribution in [-0.2, 0) is 6.54 Å². The number of urea groups is 1. The molecule has 0 saturated heterocycles. The van der Waals surface area contributed by atoms with Crippen LogP contribution in [0.3, 0.4) is 0 Å². The van der Waals surface area contributed by atoms with Crippen LogP contribution in [0.1, 0.15) is 32.2 Å². The van der Waals surface area contributed by atoms with Crippen LogP contribution >= 0.6 is 0 Å². The average molecular weight is 302 g/mol. The third-order valence-electron chi connectivity index (χ3n) is 2.95. The first-order valence-electron chi connectivity index (χ1n) is 7.17. The van der Waals surface area contributed by atoms with Gasteiger partial charge in [-0.3, -0.25) is 0 Å². The molecule has 1 aromatic heterocycles. The lowest BCUT2D eigenvalue weighted by Gasteiger charge is -2.24. The first-order chi connectivity index (χ1) is 10.2. The maximum Gasteiger partial charge on any atom is 0.318 e. The van der Waals surface area contributed by atoms with Crippen LogP contribution in [0.4, 0.5) is 4.79 Å². The topological polar surface area (TPSA) is 71.3 Å². The fourth-order valence-electron chi connectivity index (χ4n) is 1.91. The standard InChI is InChI=1S/C16H22N4O2/c1-11-7-6-8-12(9-11)14-17-13(22-19-14)10-20(5)15(21)18-16(2,3)4/h6-9H,10H2,1-5H3,(H,18,21). The molecule has 0 radical (unpaired) electrons. The monoisotopic (exact) mass is 302 g/mol. The summed E-state index contributed by atoms with van der Waals surface area (Å²) in [6.45, 7) is 8.07. The minimum Gasteiger partial charge on any atom is -0.337 e. The number of hydrogen-bond acceptors (Lipinski definition) is 4. The summed E-state index contributed by atoms with van der Waals surface area (Å²) in [5.41, 5.74) is 1.75. The van der Waals surface area contributed by atoms with Gasteiger partial charge in [0.05, 0.1) is 0 Å². The highest BCUT2D eigenvalue weighted by Crippen LogP contribution is 2.17. The smallest absolute Gasteiger partial charge is 0.318 e.